The standard InChI is InChI=1S/C15H16FN3O2/c1-3-17-14-11(5-4-8-18-14)15(20)19-10-6-7-12(16)13(9-10)21-2/h4-9H,3H2,1-2H3,(H,17,18)(H,19,20). The van der Waals surface area contributed by atoms with E-state index in [9.17, 15) is 9.18 Å². The van der Waals surface area contributed by atoms with Crippen LogP contribution in [0.3, 0.4) is 0 Å². The highest BCUT2D eigenvalue weighted by atomic mass is 19.1. The molecule has 1 heterocycles. The summed E-state index contributed by atoms with van der Waals surface area (Å²) in [5.74, 6) is -0.226. The maximum absolute atomic E-state index is 13.3. The van der Waals surface area contributed by atoms with E-state index in [4.69, 9.17) is 4.74 Å². The van der Waals surface area contributed by atoms with Crippen molar-refractivity contribution in [3.8, 4) is 5.75 Å². The van der Waals surface area contributed by atoms with Gasteiger partial charge in [0.15, 0.2) is 11.6 Å². The van der Waals surface area contributed by atoms with Gasteiger partial charge in [0.2, 0.25) is 0 Å². The molecule has 0 fully saturated rings. The SMILES string of the molecule is CCNc1ncccc1C(=O)Nc1ccc(F)c(OC)c1. The van der Waals surface area contributed by atoms with Gasteiger partial charge >= 0.3 is 0 Å². The molecule has 6 heteroatoms. The van der Waals surface area contributed by atoms with E-state index < -0.39 is 5.82 Å². The van der Waals surface area contributed by atoms with Gasteiger partial charge in [-0.1, -0.05) is 0 Å². The number of carbonyl (C=O) groups is 1. The van der Waals surface area contributed by atoms with Gasteiger partial charge in [-0.15, -0.1) is 0 Å². The number of hydrogen-bond donors (Lipinski definition) is 2. The van der Waals surface area contributed by atoms with Gasteiger partial charge in [0.1, 0.15) is 5.82 Å². The number of carbonyl (C=O) groups excluding carboxylic acids is 1. The summed E-state index contributed by atoms with van der Waals surface area (Å²) >= 11 is 0. The van der Waals surface area contributed by atoms with Crippen molar-refractivity contribution in [1.29, 1.82) is 0 Å². The van der Waals surface area contributed by atoms with Crippen LogP contribution in [0, 0.1) is 5.82 Å². The summed E-state index contributed by atoms with van der Waals surface area (Å²) in [6, 6.07) is 7.49. The largest absolute Gasteiger partial charge is 0.494 e. The molecule has 5 nitrogen and oxygen atoms in total. The molecule has 0 atom stereocenters. The molecule has 0 unspecified atom stereocenters. The second-order valence-electron chi connectivity index (χ2n) is 4.23. The van der Waals surface area contributed by atoms with E-state index in [1.54, 1.807) is 18.3 Å². The van der Waals surface area contributed by atoms with Crippen molar-refractivity contribution in [3.63, 3.8) is 0 Å². The molecule has 1 aromatic heterocycles. The molecule has 0 bridgehead atoms. The van der Waals surface area contributed by atoms with Crippen molar-refractivity contribution >= 4 is 17.4 Å². The molecule has 2 aromatic rings. The van der Waals surface area contributed by atoms with Crippen molar-refractivity contribution in [3.05, 3.63) is 47.9 Å². The van der Waals surface area contributed by atoms with E-state index in [2.05, 4.69) is 15.6 Å². The number of benzene rings is 1. The molecular formula is C15H16FN3O2. The molecule has 21 heavy (non-hydrogen) atoms. The lowest BCUT2D eigenvalue weighted by Gasteiger charge is -2.11. The molecular weight excluding hydrogens is 273 g/mol. The van der Waals surface area contributed by atoms with E-state index in [0.717, 1.165) is 0 Å². The van der Waals surface area contributed by atoms with Crippen molar-refractivity contribution in [2.24, 2.45) is 0 Å². The van der Waals surface area contributed by atoms with Gasteiger partial charge in [0, 0.05) is 24.5 Å². The summed E-state index contributed by atoms with van der Waals surface area (Å²) in [7, 11) is 1.37. The molecule has 0 aliphatic heterocycles. The molecule has 2 N–H and O–H groups in total. The number of anilines is 2. The Hall–Kier alpha value is -2.63. The fraction of sp³-hybridized carbons (Fsp3) is 0.200. The van der Waals surface area contributed by atoms with E-state index in [-0.39, 0.29) is 11.7 Å². The Morgan fingerprint density at radius 3 is 2.90 bits per heavy atom. The number of halogens is 1. The minimum absolute atomic E-state index is 0.0749. The molecule has 0 aliphatic rings. The molecule has 1 amide bonds. The summed E-state index contributed by atoms with van der Waals surface area (Å²) in [6.45, 7) is 2.57. The van der Waals surface area contributed by atoms with Crippen LogP contribution in [-0.4, -0.2) is 24.5 Å². The third-order valence-electron chi connectivity index (χ3n) is 2.81. The number of nitrogens with zero attached hydrogens (tertiary/aromatic N) is 1. The van der Waals surface area contributed by atoms with Crippen molar-refractivity contribution in [2.45, 2.75) is 6.92 Å². The third kappa shape index (κ3) is 3.47. The van der Waals surface area contributed by atoms with Crippen LogP contribution in [0.15, 0.2) is 36.5 Å². The first-order chi connectivity index (χ1) is 10.2. The van der Waals surface area contributed by atoms with Crippen LogP contribution in [-0.2, 0) is 0 Å². The lowest BCUT2D eigenvalue weighted by atomic mass is 10.2. The number of nitrogens with one attached hydrogen (secondary N) is 2. The Morgan fingerprint density at radius 1 is 1.38 bits per heavy atom. The van der Waals surface area contributed by atoms with Crippen LogP contribution in [0.25, 0.3) is 0 Å². The van der Waals surface area contributed by atoms with Gasteiger partial charge in [-0.3, -0.25) is 4.79 Å². The molecule has 110 valence electrons. The number of hydrogen-bond acceptors (Lipinski definition) is 4. The Balaban J connectivity index is 2.22. The number of pyridine rings is 1. The van der Waals surface area contributed by atoms with Gasteiger partial charge in [-0.2, -0.15) is 0 Å². The Labute approximate surface area is 122 Å². The van der Waals surface area contributed by atoms with Gasteiger partial charge in [0.05, 0.1) is 12.7 Å². The zero-order valence-corrected chi connectivity index (χ0v) is 11.8. The number of ether oxygens (including phenoxy) is 1. The second-order valence-corrected chi connectivity index (χ2v) is 4.23. The number of aromatic nitrogens is 1. The van der Waals surface area contributed by atoms with Gasteiger partial charge in [0.25, 0.3) is 5.91 Å². The minimum Gasteiger partial charge on any atom is -0.494 e. The quantitative estimate of drug-likeness (QED) is 0.888. The van der Waals surface area contributed by atoms with Gasteiger partial charge < -0.3 is 15.4 Å². The maximum atomic E-state index is 13.3. The Bertz CT molecular complexity index is 647. The molecule has 0 saturated carbocycles. The number of rotatable bonds is 5. The first-order valence-corrected chi connectivity index (χ1v) is 6.49. The van der Waals surface area contributed by atoms with Crippen molar-refractivity contribution in [1.82, 2.24) is 4.98 Å². The van der Waals surface area contributed by atoms with Crippen LogP contribution in [0.1, 0.15) is 17.3 Å². The fourth-order valence-corrected chi connectivity index (χ4v) is 1.83. The lowest BCUT2D eigenvalue weighted by molar-refractivity contribution is 0.102. The predicted molar refractivity (Wildman–Crippen MR) is 79.3 cm³/mol. The summed E-state index contributed by atoms with van der Waals surface area (Å²) in [5.41, 5.74) is 0.868. The normalized spacial score (nSPS) is 10.0. The van der Waals surface area contributed by atoms with E-state index in [1.807, 2.05) is 6.92 Å². The summed E-state index contributed by atoms with van der Waals surface area (Å²) < 4.78 is 18.2. The third-order valence-corrected chi connectivity index (χ3v) is 2.81. The topological polar surface area (TPSA) is 63.2 Å². The molecule has 1 aromatic carbocycles. The van der Waals surface area contributed by atoms with Crippen LogP contribution in [0.5, 0.6) is 5.75 Å². The zero-order chi connectivity index (χ0) is 15.2. The van der Waals surface area contributed by atoms with Crippen LogP contribution < -0.4 is 15.4 Å². The summed E-state index contributed by atoms with van der Waals surface area (Å²) in [5, 5.41) is 5.71. The highest BCUT2D eigenvalue weighted by Gasteiger charge is 2.13. The molecule has 2 rings (SSSR count). The minimum atomic E-state index is -0.481. The van der Waals surface area contributed by atoms with Crippen LogP contribution in [0.2, 0.25) is 0 Å². The first-order valence-electron chi connectivity index (χ1n) is 6.49. The number of amides is 1. The highest BCUT2D eigenvalue weighted by Crippen LogP contribution is 2.22. The summed E-state index contributed by atoms with van der Waals surface area (Å²) in [4.78, 5) is 16.4. The fourth-order valence-electron chi connectivity index (χ4n) is 1.83. The molecule has 0 radical (unpaired) electrons. The predicted octanol–water partition coefficient (Wildman–Crippen LogP) is 2.91. The van der Waals surface area contributed by atoms with Crippen molar-refractivity contribution in [2.75, 3.05) is 24.3 Å². The second kappa shape index (κ2) is 6.69. The summed E-state index contributed by atoms with van der Waals surface area (Å²) in [6.07, 6.45) is 1.61. The lowest BCUT2D eigenvalue weighted by Crippen LogP contribution is -2.15. The van der Waals surface area contributed by atoms with E-state index in [0.29, 0.717) is 23.6 Å². The Kier molecular flexibility index (Phi) is 4.71. The van der Waals surface area contributed by atoms with Gasteiger partial charge in [-0.05, 0) is 31.2 Å². The maximum Gasteiger partial charge on any atom is 0.259 e. The first kappa shape index (κ1) is 14.8. The number of methoxy groups -OCH3 is 1. The molecule has 0 saturated heterocycles. The average molecular weight is 289 g/mol. The molecule has 0 spiro atoms. The molecule has 0 aliphatic carbocycles. The Morgan fingerprint density at radius 2 is 2.19 bits per heavy atom. The average Bonchev–Trinajstić information content (AvgIpc) is 2.50. The van der Waals surface area contributed by atoms with Crippen molar-refractivity contribution < 1.29 is 13.9 Å². The zero-order valence-electron chi connectivity index (χ0n) is 11.8. The van der Waals surface area contributed by atoms with Gasteiger partial charge in [-0.25, -0.2) is 9.37 Å². The highest BCUT2D eigenvalue weighted by molar-refractivity contribution is 6.07. The smallest absolute Gasteiger partial charge is 0.259 e. The van der Waals surface area contributed by atoms with E-state index >= 15 is 0 Å². The monoisotopic (exact) mass is 289 g/mol. The van der Waals surface area contributed by atoms with Crippen LogP contribution >= 0.6 is 0 Å². The van der Waals surface area contributed by atoms with Crippen LogP contribution in [0.4, 0.5) is 15.9 Å². The van der Waals surface area contributed by atoms with E-state index in [1.165, 1.54) is 25.3 Å².